The second-order valence-corrected chi connectivity index (χ2v) is 7.81. The molecule has 0 aromatic heterocycles. The van der Waals surface area contributed by atoms with Gasteiger partial charge in [0.05, 0.1) is 5.56 Å². The molecule has 1 N–H and O–H groups in total. The Morgan fingerprint density at radius 3 is 2.36 bits per heavy atom. The number of carbonyl (C=O) groups is 1. The van der Waals surface area contributed by atoms with Gasteiger partial charge in [0.25, 0.3) is 0 Å². The highest BCUT2D eigenvalue weighted by molar-refractivity contribution is 5.79. The van der Waals surface area contributed by atoms with Crippen LogP contribution in [0.3, 0.4) is 0 Å². The number of hydrogen-bond donors (Lipinski definition) is 1. The van der Waals surface area contributed by atoms with Crippen molar-refractivity contribution in [2.24, 2.45) is 11.8 Å². The highest BCUT2D eigenvalue weighted by atomic mass is 19.4. The van der Waals surface area contributed by atoms with Crippen LogP contribution >= 0.6 is 0 Å². The van der Waals surface area contributed by atoms with Crippen LogP contribution in [0.15, 0.2) is 18.2 Å². The first-order chi connectivity index (χ1) is 13.2. The van der Waals surface area contributed by atoms with Crippen molar-refractivity contribution in [3.8, 4) is 0 Å². The van der Waals surface area contributed by atoms with Crippen molar-refractivity contribution < 1.29 is 28.1 Å². The minimum absolute atomic E-state index is 0.144. The van der Waals surface area contributed by atoms with E-state index in [2.05, 4.69) is 25.7 Å². The van der Waals surface area contributed by atoms with Crippen molar-refractivity contribution in [3.63, 3.8) is 0 Å². The van der Waals surface area contributed by atoms with Crippen molar-refractivity contribution in [2.75, 3.05) is 6.54 Å². The van der Waals surface area contributed by atoms with Gasteiger partial charge in [-0.2, -0.15) is 13.2 Å². The van der Waals surface area contributed by atoms with Crippen LogP contribution in [0.5, 0.6) is 0 Å². The van der Waals surface area contributed by atoms with E-state index >= 15 is 0 Å². The van der Waals surface area contributed by atoms with Crippen molar-refractivity contribution in [1.29, 1.82) is 0 Å². The van der Waals surface area contributed by atoms with Gasteiger partial charge < -0.3 is 4.90 Å². The van der Waals surface area contributed by atoms with E-state index in [0.29, 0.717) is 24.4 Å². The van der Waals surface area contributed by atoms with Gasteiger partial charge in [0.2, 0.25) is 5.91 Å². The molecule has 1 heterocycles. The van der Waals surface area contributed by atoms with Crippen LogP contribution in [0.1, 0.15) is 75.8 Å². The van der Waals surface area contributed by atoms with E-state index in [9.17, 15) is 23.2 Å². The first-order valence-electron chi connectivity index (χ1n) is 10.0. The number of fused-ring (bicyclic) bond motifs is 1. The van der Waals surface area contributed by atoms with Gasteiger partial charge in [-0.15, -0.1) is 0 Å². The predicted octanol–water partition coefficient (Wildman–Crippen LogP) is 5.82. The summed E-state index contributed by atoms with van der Waals surface area (Å²) in [4.78, 5) is 18.7. The fourth-order valence-corrected chi connectivity index (χ4v) is 3.84. The maximum Gasteiger partial charge on any atom is 0.416 e. The number of nitrogens with zero attached hydrogens (tertiary/aromatic N) is 1. The standard InChI is InChI=1S/C18H22F3NO3.C3H8/c1-11-2-4-13(5-3-11)16(23)22-9-8-12-6-7-14(18(19,20)21)10-15(12)17(22)25-24;1-3-2/h6-7,10-11,13,17,24H,2-5,8-9H2,1H3;3H2,1-2H3. The Labute approximate surface area is 164 Å². The lowest BCUT2D eigenvalue weighted by Crippen LogP contribution is -2.44. The average molecular weight is 401 g/mol. The number of carbonyl (C=O) groups excluding carboxylic acids is 1. The summed E-state index contributed by atoms with van der Waals surface area (Å²) in [6, 6.07) is 3.39. The molecule has 4 nitrogen and oxygen atoms in total. The van der Waals surface area contributed by atoms with Gasteiger partial charge in [-0.3, -0.25) is 4.79 Å². The van der Waals surface area contributed by atoms with Gasteiger partial charge in [-0.25, -0.2) is 10.1 Å². The van der Waals surface area contributed by atoms with Crippen LogP contribution in [0.2, 0.25) is 0 Å². The number of rotatable bonds is 2. The predicted molar refractivity (Wildman–Crippen MR) is 100 cm³/mol. The second-order valence-electron chi connectivity index (χ2n) is 7.81. The molecular weight excluding hydrogens is 371 g/mol. The van der Waals surface area contributed by atoms with E-state index in [-0.39, 0.29) is 17.4 Å². The Morgan fingerprint density at radius 1 is 1.21 bits per heavy atom. The molecule has 0 spiro atoms. The summed E-state index contributed by atoms with van der Waals surface area (Å²) in [5, 5.41) is 9.32. The van der Waals surface area contributed by atoms with E-state index in [1.807, 2.05) is 0 Å². The van der Waals surface area contributed by atoms with E-state index in [4.69, 9.17) is 0 Å². The highest BCUT2D eigenvalue weighted by Gasteiger charge is 2.38. The molecule has 1 aliphatic heterocycles. The van der Waals surface area contributed by atoms with Crippen molar-refractivity contribution in [1.82, 2.24) is 4.90 Å². The Balaban J connectivity index is 0.000000878. The normalized spacial score (nSPS) is 24.8. The molecule has 0 bridgehead atoms. The molecule has 1 amide bonds. The molecule has 2 aliphatic rings. The molecule has 0 radical (unpaired) electrons. The average Bonchev–Trinajstić information content (AvgIpc) is 2.66. The Morgan fingerprint density at radius 2 is 1.82 bits per heavy atom. The zero-order chi connectivity index (χ0) is 20.9. The highest BCUT2D eigenvalue weighted by Crippen LogP contribution is 2.38. The third-order valence-electron chi connectivity index (χ3n) is 5.39. The lowest BCUT2D eigenvalue weighted by Gasteiger charge is -2.38. The molecule has 7 heteroatoms. The quantitative estimate of drug-likeness (QED) is 0.502. The molecule has 3 rings (SSSR count). The SMILES string of the molecule is CC1CCC(C(=O)N2CCc3ccc(C(F)(F)F)cc3C2OO)CC1.CCC. The largest absolute Gasteiger partial charge is 0.416 e. The fraction of sp³-hybridized carbons (Fsp3) is 0.667. The van der Waals surface area contributed by atoms with Crippen LogP contribution in [-0.2, 0) is 22.3 Å². The molecular formula is C21H30F3NO3. The molecule has 0 saturated heterocycles. The first kappa shape index (κ1) is 22.7. The molecule has 1 aromatic carbocycles. The lowest BCUT2D eigenvalue weighted by atomic mass is 9.82. The van der Waals surface area contributed by atoms with Crippen molar-refractivity contribution in [3.05, 3.63) is 34.9 Å². The van der Waals surface area contributed by atoms with Gasteiger partial charge in [-0.1, -0.05) is 33.3 Å². The summed E-state index contributed by atoms with van der Waals surface area (Å²) in [6.45, 7) is 6.73. The van der Waals surface area contributed by atoms with E-state index in [0.717, 1.165) is 37.8 Å². The molecule has 1 fully saturated rings. The van der Waals surface area contributed by atoms with Gasteiger partial charge >= 0.3 is 6.18 Å². The second kappa shape index (κ2) is 9.74. The zero-order valence-corrected chi connectivity index (χ0v) is 16.8. The molecule has 1 unspecified atom stereocenters. The molecule has 28 heavy (non-hydrogen) atoms. The van der Waals surface area contributed by atoms with Crippen molar-refractivity contribution >= 4 is 5.91 Å². The Kier molecular flexibility index (Phi) is 7.89. The summed E-state index contributed by atoms with van der Waals surface area (Å²) < 4.78 is 39.0. The van der Waals surface area contributed by atoms with E-state index in [1.54, 1.807) is 0 Å². The summed E-state index contributed by atoms with van der Waals surface area (Å²) in [5.41, 5.74) is 0.0589. The summed E-state index contributed by atoms with van der Waals surface area (Å²) in [5.74, 6) is 0.292. The number of amides is 1. The third kappa shape index (κ3) is 5.26. The molecule has 1 atom stereocenters. The van der Waals surface area contributed by atoms with E-state index in [1.165, 1.54) is 17.4 Å². The zero-order valence-electron chi connectivity index (χ0n) is 16.8. The number of alkyl halides is 3. The van der Waals surface area contributed by atoms with Gasteiger partial charge in [0.15, 0.2) is 6.23 Å². The minimum Gasteiger partial charge on any atom is -0.310 e. The van der Waals surface area contributed by atoms with Gasteiger partial charge in [0.1, 0.15) is 0 Å². The Bertz CT molecular complexity index is 655. The first-order valence-corrected chi connectivity index (χ1v) is 10.0. The maximum atomic E-state index is 13.0. The molecule has 1 saturated carbocycles. The van der Waals surface area contributed by atoms with Crippen LogP contribution in [-0.4, -0.2) is 22.6 Å². The van der Waals surface area contributed by atoms with Crippen LogP contribution in [0, 0.1) is 11.8 Å². The molecule has 1 aliphatic carbocycles. The maximum absolute atomic E-state index is 13.0. The summed E-state index contributed by atoms with van der Waals surface area (Å²) in [7, 11) is 0. The lowest BCUT2D eigenvalue weighted by molar-refractivity contribution is -0.315. The smallest absolute Gasteiger partial charge is 0.310 e. The third-order valence-corrected chi connectivity index (χ3v) is 5.39. The van der Waals surface area contributed by atoms with Crippen LogP contribution in [0.25, 0.3) is 0 Å². The number of hydrogen-bond acceptors (Lipinski definition) is 3. The topological polar surface area (TPSA) is 49.8 Å². The van der Waals surface area contributed by atoms with E-state index < -0.39 is 18.0 Å². The van der Waals surface area contributed by atoms with Crippen LogP contribution < -0.4 is 0 Å². The number of halogens is 3. The number of benzene rings is 1. The van der Waals surface area contributed by atoms with Crippen molar-refractivity contribution in [2.45, 2.75) is 71.7 Å². The van der Waals surface area contributed by atoms with Gasteiger partial charge in [-0.05, 0) is 55.7 Å². The monoisotopic (exact) mass is 401 g/mol. The van der Waals surface area contributed by atoms with Gasteiger partial charge in [0, 0.05) is 18.0 Å². The summed E-state index contributed by atoms with van der Waals surface area (Å²) >= 11 is 0. The fourth-order valence-electron chi connectivity index (χ4n) is 3.84. The molecule has 1 aromatic rings. The molecule has 158 valence electrons. The summed E-state index contributed by atoms with van der Waals surface area (Å²) in [6.07, 6.45) is -0.511. The minimum atomic E-state index is -4.49. The van der Waals surface area contributed by atoms with Crippen LogP contribution in [0.4, 0.5) is 13.2 Å². The Hall–Kier alpha value is -1.60.